The van der Waals surface area contributed by atoms with Gasteiger partial charge in [-0.15, -0.1) is 0 Å². The van der Waals surface area contributed by atoms with Gasteiger partial charge in [0.05, 0.1) is 11.3 Å². The van der Waals surface area contributed by atoms with Crippen LogP contribution >= 0.6 is 0 Å². The van der Waals surface area contributed by atoms with Crippen LogP contribution in [-0.2, 0) is 14.3 Å². The Morgan fingerprint density at radius 1 is 1.03 bits per heavy atom. The number of esters is 1. The summed E-state index contributed by atoms with van der Waals surface area (Å²) < 4.78 is 5.01. The molecule has 3 amide bonds. The second-order valence-electron chi connectivity index (χ2n) is 7.51. The van der Waals surface area contributed by atoms with Gasteiger partial charge in [-0.05, 0) is 51.0 Å². The quantitative estimate of drug-likeness (QED) is 0.563. The zero-order valence-corrected chi connectivity index (χ0v) is 17.4. The molecule has 3 rings (SSSR count). The van der Waals surface area contributed by atoms with Crippen molar-refractivity contribution < 1.29 is 23.9 Å². The number of hydrogen-bond donors (Lipinski definition) is 3. The third kappa shape index (κ3) is 6.40. The number of aryl methyl sites for hydroxylation is 1. The summed E-state index contributed by atoms with van der Waals surface area (Å²) in [6, 6.07) is 12.8. The van der Waals surface area contributed by atoms with E-state index in [4.69, 9.17) is 4.74 Å². The highest BCUT2D eigenvalue weighted by atomic mass is 16.5. The van der Waals surface area contributed by atoms with Gasteiger partial charge < -0.3 is 20.7 Å². The first-order valence-corrected chi connectivity index (χ1v) is 10.1. The van der Waals surface area contributed by atoms with Gasteiger partial charge in [-0.1, -0.05) is 29.8 Å². The van der Waals surface area contributed by atoms with E-state index in [9.17, 15) is 19.2 Å². The molecule has 1 atom stereocenters. The first-order chi connectivity index (χ1) is 14.8. The molecule has 8 nitrogen and oxygen atoms in total. The Balaban J connectivity index is 1.49. The van der Waals surface area contributed by atoms with Crippen molar-refractivity contribution >= 4 is 29.4 Å². The fourth-order valence-electron chi connectivity index (χ4n) is 2.85. The van der Waals surface area contributed by atoms with E-state index < -0.39 is 30.4 Å². The molecule has 0 bridgehead atoms. The number of amides is 3. The number of para-hydroxylation sites is 1. The largest absolute Gasteiger partial charge is 0.454 e. The second-order valence-corrected chi connectivity index (χ2v) is 7.51. The maximum atomic E-state index is 12.3. The summed E-state index contributed by atoms with van der Waals surface area (Å²) in [5.74, 6) is -2.00. The molecule has 31 heavy (non-hydrogen) atoms. The molecule has 3 N–H and O–H groups in total. The van der Waals surface area contributed by atoms with Crippen LogP contribution in [0.2, 0.25) is 0 Å². The van der Waals surface area contributed by atoms with E-state index in [0.29, 0.717) is 16.8 Å². The van der Waals surface area contributed by atoms with Crippen molar-refractivity contribution in [2.24, 2.45) is 0 Å². The lowest BCUT2D eigenvalue weighted by atomic mass is 10.1. The van der Waals surface area contributed by atoms with Crippen LogP contribution in [0.3, 0.4) is 0 Å². The lowest BCUT2D eigenvalue weighted by Crippen LogP contribution is -2.40. The molecule has 0 radical (unpaired) electrons. The van der Waals surface area contributed by atoms with E-state index >= 15 is 0 Å². The molecule has 0 aromatic heterocycles. The smallest absolute Gasteiger partial charge is 0.328 e. The molecular formula is C23H25N3O5. The van der Waals surface area contributed by atoms with Crippen LogP contribution in [0.1, 0.15) is 46.0 Å². The first kappa shape index (κ1) is 22.0. The van der Waals surface area contributed by atoms with Gasteiger partial charge in [0.25, 0.3) is 17.7 Å². The Bertz CT molecular complexity index is 1000. The maximum Gasteiger partial charge on any atom is 0.328 e. The van der Waals surface area contributed by atoms with Gasteiger partial charge >= 0.3 is 5.97 Å². The number of anilines is 1. The summed E-state index contributed by atoms with van der Waals surface area (Å²) >= 11 is 0. The van der Waals surface area contributed by atoms with E-state index in [1.807, 2.05) is 13.0 Å². The predicted molar refractivity (Wildman–Crippen MR) is 115 cm³/mol. The van der Waals surface area contributed by atoms with E-state index in [0.717, 1.165) is 18.4 Å². The van der Waals surface area contributed by atoms with Crippen molar-refractivity contribution in [2.75, 3.05) is 11.9 Å². The normalized spacial score (nSPS) is 13.6. The van der Waals surface area contributed by atoms with Crippen LogP contribution < -0.4 is 16.0 Å². The summed E-state index contributed by atoms with van der Waals surface area (Å²) in [6.07, 6.45) is 1.91. The zero-order chi connectivity index (χ0) is 22.4. The highest BCUT2D eigenvalue weighted by molar-refractivity contribution is 6.04. The molecule has 2 aromatic rings. The molecule has 0 unspecified atom stereocenters. The molecule has 1 aliphatic rings. The molecule has 1 saturated carbocycles. The fourth-order valence-corrected chi connectivity index (χ4v) is 2.85. The SMILES string of the molecule is Cc1cccc(C(=O)N[C@@H](C)C(=O)OCC(=O)Nc2ccccc2C(=O)NC2CC2)c1. The van der Waals surface area contributed by atoms with Gasteiger partial charge in [-0.25, -0.2) is 4.79 Å². The highest BCUT2D eigenvalue weighted by Gasteiger charge is 2.25. The Morgan fingerprint density at radius 3 is 2.48 bits per heavy atom. The first-order valence-electron chi connectivity index (χ1n) is 10.1. The van der Waals surface area contributed by atoms with E-state index in [1.165, 1.54) is 6.92 Å². The molecule has 0 heterocycles. The fraction of sp³-hybridized carbons (Fsp3) is 0.304. The van der Waals surface area contributed by atoms with Crippen LogP contribution in [-0.4, -0.2) is 42.4 Å². The topological polar surface area (TPSA) is 114 Å². The Labute approximate surface area is 180 Å². The Morgan fingerprint density at radius 2 is 1.77 bits per heavy atom. The molecule has 0 spiro atoms. The maximum absolute atomic E-state index is 12.3. The Kier molecular flexibility index (Phi) is 7.02. The minimum atomic E-state index is -0.933. The van der Waals surface area contributed by atoms with Gasteiger partial charge in [0.1, 0.15) is 6.04 Å². The summed E-state index contributed by atoms with van der Waals surface area (Å²) in [7, 11) is 0. The molecule has 2 aromatic carbocycles. The molecule has 0 saturated heterocycles. The number of nitrogens with one attached hydrogen (secondary N) is 3. The standard InChI is InChI=1S/C23H25N3O5/c1-14-6-5-7-16(12-14)21(28)24-15(2)23(30)31-13-20(27)26-19-9-4-3-8-18(19)22(29)25-17-10-11-17/h3-9,12,15,17H,10-11,13H2,1-2H3,(H,24,28)(H,25,29)(H,26,27)/t15-/m0/s1. The third-order valence-electron chi connectivity index (χ3n) is 4.69. The van der Waals surface area contributed by atoms with Crippen molar-refractivity contribution in [1.82, 2.24) is 10.6 Å². The molecule has 1 aliphatic carbocycles. The number of carbonyl (C=O) groups excluding carboxylic acids is 4. The third-order valence-corrected chi connectivity index (χ3v) is 4.69. The van der Waals surface area contributed by atoms with Gasteiger partial charge in [-0.2, -0.15) is 0 Å². The van der Waals surface area contributed by atoms with E-state index in [2.05, 4.69) is 16.0 Å². The van der Waals surface area contributed by atoms with Gasteiger partial charge in [0.15, 0.2) is 6.61 Å². The summed E-state index contributed by atoms with van der Waals surface area (Å²) in [6.45, 7) is 2.80. The minimum absolute atomic E-state index is 0.189. The summed E-state index contributed by atoms with van der Waals surface area (Å²) in [4.78, 5) is 48.9. The molecule has 8 heteroatoms. The summed E-state index contributed by atoms with van der Waals surface area (Å²) in [5, 5.41) is 8.00. The zero-order valence-electron chi connectivity index (χ0n) is 17.4. The average Bonchev–Trinajstić information content (AvgIpc) is 3.56. The monoisotopic (exact) mass is 423 g/mol. The number of hydrogen-bond acceptors (Lipinski definition) is 5. The molecule has 0 aliphatic heterocycles. The Hall–Kier alpha value is -3.68. The van der Waals surface area contributed by atoms with Gasteiger partial charge in [0, 0.05) is 11.6 Å². The summed E-state index contributed by atoms with van der Waals surface area (Å²) in [5.41, 5.74) is 2.03. The second kappa shape index (κ2) is 9.88. The van der Waals surface area contributed by atoms with Crippen LogP contribution in [0.4, 0.5) is 5.69 Å². The van der Waals surface area contributed by atoms with Gasteiger partial charge in [-0.3, -0.25) is 14.4 Å². The van der Waals surface area contributed by atoms with Crippen LogP contribution in [0.5, 0.6) is 0 Å². The van der Waals surface area contributed by atoms with Crippen molar-refractivity contribution in [1.29, 1.82) is 0 Å². The molecule has 1 fully saturated rings. The lowest BCUT2D eigenvalue weighted by molar-refractivity contribution is -0.148. The van der Waals surface area contributed by atoms with Crippen molar-refractivity contribution in [3.05, 3.63) is 65.2 Å². The number of benzene rings is 2. The van der Waals surface area contributed by atoms with Crippen molar-refractivity contribution in [3.8, 4) is 0 Å². The van der Waals surface area contributed by atoms with Crippen molar-refractivity contribution in [2.45, 2.75) is 38.8 Å². The molecular weight excluding hydrogens is 398 g/mol. The lowest BCUT2D eigenvalue weighted by Gasteiger charge is -2.14. The minimum Gasteiger partial charge on any atom is -0.454 e. The molecule has 162 valence electrons. The van der Waals surface area contributed by atoms with Crippen LogP contribution in [0.15, 0.2) is 48.5 Å². The number of ether oxygens (including phenoxy) is 1. The van der Waals surface area contributed by atoms with Gasteiger partial charge in [0.2, 0.25) is 0 Å². The van der Waals surface area contributed by atoms with E-state index in [1.54, 1.807) is 42.5 Å². The average molecular weight is 423 g/mol. The van der Waals surface area contributed by atoms with E-state index in [-0.39, 0.29) is 11.9 Å². The van der Waals surface area contributed by atoms with Crippen molar-refractivity contribution in [3.63, 3.8) is 0 Å². The van der Waals surface area contributed by atoms with Crippen LogP contribution in [0, 0.1) is 6.92 Å². The predicted octanol–water partition coefficient (Wildman–Crippen LogP) is 2.19. The van der Waals surface area contributed by atoms with Crippen LogP contribution in [0.25, 0.3) is 0 Å². The highest BCUT2D eigenvalue weighted by Crippen LogP contribution is 2.21. The number of carbonyl (C=O) groups is 4. The number of rotatable bonds is 8.